The van der Waals surface area contributed by atoms with Crippen molar-refractivity contribution in [1.82, 2.24) is 0 Å². The van der Waals surface area contributed by atoms with Crippen LogP contribution < -0.4 is 0 Å². The Kier molecular flexibility index (Phi) is 4.78. The topological polar surface area (TPSA) is 61.8 Å². The van der Waals surface area contributed by atoms with Gasteiger partial charge in [0.1, 0.15) is 0 Å². The van der Waals surface area contributed by atoms with Gasteiger partial charge in [-0.1, -0.05) is 18.2 Å². The van der Waals surface area contributed by atoms with Crippen molar-refractivity contribution < 1.29 is 22.6 Å². The maximum Gasteiger partial charge on any atom is 0.178 e. The molecule has 0 N–H and O–H groups in total. The lowest BCUT2D eigenvalue weighted by molar-refractivity contribution is -0.141. The molecule has 2 unspecified atom stereocenters. The summed E-state index contributed by atoms with van der Waals surface area (Å²) in [6, 6.07) is 8.61. The van der Waals surface area contributed by atoms with Gasteiger partial charge in [-0.25, -0.2) is 8.42 Å². The fourth-order valence-electron chi connectivity index (χ4n) is 3.27. The zero-order valence-electron chi connectivity index (χ0n) is 13.6. The Morgan fingerprint density at radius 2 is 1.87 bits per heavy atom. The van der Waals surface area contributed by atoms with Gasteiger partial charge in [0.05, 0.1) is 36.1 Å². The molecule has 0 bridgehead atoms. The van der Waals surface area contributed by atoms with E-state index in [0.717, 1.165) is 12.8 Å². The molecule has 6 heteroatoms. The van der Waals surface area contributed by atoms with Crippen LogP contribution in [0.5, 0.6) is 0 Å². The van der Waals surface area contributed by atoms with E-state index in [2.05, 4.69) is 0 Å². The maximum absolute atomic E-state index is 12.4. The van der Waals surface area contributed by atoms with Gasteiger partial charge in [-0.15, -0.1) is 0 Å². The third kappa shape index (κ3) is 4.32. The number of hydrogen-bond donors (Lipinski definition) is 0. The Labute approximate surface area is 137 Å². The first-order valence-corrected chi connectivity index (χ1v) is 9.70. The summed E-state index contributed by atoms with van der Waals surface area (Å²) in [6.45, 7) is 4.86. The van der Waals surface area contributed by atoms with Crippen LogP contribution in [-0.2, 0) is 24.0 Å². The molecular formula is C17H24O5S. The Morgan fingerprint density at radius 1 is 1.13 bits per heavy atom. The standard InChI is InChI=1S/C17H24O5S/c1-17(2)21-11-15(22-17)9-14-8-13(10-20-14)12-23(18,19)16-6-4-3-5-7-16/h3-7,13-15H,8-12H2,1-2H3/t13?,14-,15?/m0/s1. The van der Waals surface area contributed by atoms with Gasteiger partial charge in [0, 0.05) is 6.42 Å². The first-order chi connectivity index (χ1) is 10.8. The van der Waals surface area contributed by atoms with Gasteiger partial charge in [0.2, 0.25) is 0 Å². The minimum Gasteiger partial charge on any atom is -0.378 e. The zero-order valence-corrected chi connectivity index (χ0v) is 14.4. The Bertz CT molecular complexity index is 626. The monoisotopic (exact) mass is 340 g/mol. The molecule has 3 rings (SSSR count). The summed E-state index contributed by atoms with van der Waals surface area (Å²) in [4.78, 5) is 0.387. The predicted octanol–water partition coefficient (Wildman–Crippen LogP) is 2.41. The predicted molar refractivity (Wildman–Crippen MR) is 85.9 cm³/mol. The normalized spacial score (nSPS) is 30.6. The van der Waals surface area contributed by atoms with Crippen LogP contribution in [0.25, 0.3) is 0 Å². The van der Waals surface area contributed by atoms with Crippen molar-refractivity contribution in [2.24, 2.45) is 5.92 Å². The molecule has 1 aromatic carbocycles. The van der Waals surface area contributed by atoms with E-state index >= 15 is 0 Å². The van der Waals surface area contributed by atoms with E-state index in [1.807, 2.05) is 19.9 Å². The molecule has 0 aliphatic carbocycles. The number of benzene rings is 1. The molecule has 2 heterocycles. The summed E-state index contributed by atoms with van der Waals surface area (Å²) < 4.78 is 42.0. The van der Waals surface area contributed by atoms with Gasteiger partial charge in [0.25, 0.3) is 0 Å². The van der Waals surface area contributed by atoms with Crippen molar-refractivity contribution in [3.8, 4) is 0 Å². The van der Waals surface area contributed by atoms with Crippen molar-refractivity contribution >= 4 is 9.84 Å². The Balaban J connectivity index is 1.52. The highest BCUT2D eigenvalue weighted by atomic mass is 32.2. The van der Waals surface area contributed by atoms with E-state index < -0.39 is 15.6 Å². The second-order valence-corrected chi connectivity index (χ2v) is 8.87. The summed E-state index contributed by atoms with van der Waals surface area (Å²) in [6.07, 6.45) is 1.59. The highest BCUT2D eigenvalue weighted by molar-refractivity contribution is 7.91. The average molecular weight is 340 g/mol. The van der Waals surface area contributed by atoms with E-state index in [9.17, 15) is 8.42 Å². The molecule has 0 radical (unpaired) electrons. The van der Waals surface area contributed by atoms with Crippen molar-refractivity contribution in [3.63, 3.8) is 0 Å². The van der Waals surface area contributed by atoms with Crippen LogP contribution in [0.2, 0.25) is 0 Å². The van der Waals surface area contributed by atoms with Gasteiger partial charge in [-0.05, 0) is 38.3 Å². The summed E-state index contributed by atoms with van der Waals surface area (Å²) in [5.41, 5.74) is 0. The van der Waals surface area contributed by atoms with Gasteiger partial charge in [0.15, 0.2) is 15.6 Å². The van der Waals surface area contributed by atoms with Crippen LogP contribution in [0.3, 0.4) is 0 Å². The summed E-state index contributed by atoms with van der Waals surface area (Å²) in [5, 5.41) is 0. The molecule has 128 valence electrons. The highest BCUT2D eigenvalue weighted by Gasteiger charge is 2.37. The largest absolute Gasteiger partial charge is 0.378 e. The summed E-state index contributed by atoms with van der Waals surface area (Å²) >= 11 is 0. The molecule has 5 nitrogen and oxygen atoms in total. The van der Waals surface area contributed by atoms with Gasteiger partial charge < -0.3 is 14.2 Å². The molecule has 2 saturated heterocycles. The lowest BCUT2D eigenvalue weighted by Crippen LogP contribution is -2.24. The third-order valence-electron chi connectivity index (χ3n) is 4.31. The lowest BCUT2D eigenvalue weighted by atomic mass is 10.0. The van der Waals surface area contributed by atoms with Crippen LogP contribution in [0, 0.1) is 5.92 Å². The van der Waals surface area contributed by atoms with Gasteiger partial charge in [-0.3, -0.25) is 0 Å². The van der Waals surface area contributed by atoms with Crippen LogP contribution in [0.15, 0.2) is 35.2 Å². The first kappa shape index (κ1) is 16.9. The van der Waals surface area contributed by atoms with E-state index in [1.54, 1.807) is 24.3 Å². The van der Waals surface area contributed by atoms with E-state index in [1.165, 1.54) is 0 Å². The molecule has 0 saturated carbocycles. The Morgan fingerprint density at radius 3 is 2.52 bits per heavy atom. The van der Waals surface area contributed by atoms with E-state index in [0.29, 0.717) is 18.1 Å². The third-order valence-corrected chi connectivity index (χ3v) is 6.22. The van der Waals surface area contributed by atoms with Crippen LogP contribution in [0.4, 0.5) is 0 Å². The van der Waals surface area contributed by atoms with Crippen molar-refractivity contribution in [3.05, 3.63) is 30.3 Å². The number of sulfone groups is 1. The quantitative estimate of drug-likeness (QED) is 0.824. The molecule has 23 heavy (non-hydrogen) atoms. The molecule has 0 spiro atoms. The average Bonchev–Trinajstić information content (AvgIpc) is 3.06. The molecule has 3 atom stereocenters. The first-order valence-electron chi connectivity index (χ1n) is 8.05. The number of hydrogen-bond acceptors (Lipinski definition) is 5. The Hall–Kier alpha value is -0.950. The zero-order chi connectivity index (χ0) is 16.5. The molecule has 2 aliphatic heterocycles. The van der Waals surface area contributed by atoms with Crippen LogP contribution in [0.1, 0.15) is 26.7 Å². The minimum atomic E-state index is -3.25. The van der Waals surface area contributed by atoms with Crippen molar-refractivity contribution in [1.29, 1.82) is 0 Å². The summed E-state index contributed by atoms with van der Waals surface area (Å²) in [5.74, 6) is -0.346. The summed E-state index contributed by atoms with van der Waals surface area (Å²) in [7, 11) is -3.25. The van der Waals surface area contributed by atoms with Gasteiger partial charge in [-0.2, -0.15) is 0 Å². The fourth-order valence-corrected chi connectivity index (χ4v) is 4.88. The maximum atomic E-state index is 12.4. The van der Waals surface area contributed by atoms with E-state index in [4.69, 9.17) is 14.2 Å². The molecule has 0 aromatic heterocycles. The van der Waals surface area contributed by atoms with Crippen LogP contribution in [-0.4, -0.2) is 45.4 Å². The molecule has 0 amide bonds. The molecule has 2 aliphatic rings. The molecule has 1 aromatic rings. The van der Waals surface area contributed by atoms with Crippen molar-refractivity contribution in [2.75, 3.05) is 19.0 Å². The second-order valence-electron chi connectivity index (χ2n) is 6.84. The highest BCUT2D eigenvalue weighted by Crippen LogP contribution is 2.31. The van der Waals surface area contributed by atoms with Gasteiger partial charge >= 0.3 is 0 Å². The molecular weight excluding hydrogens is 316 g/mol. The van der Waals surface area contributed by atoms with Crippen LogP contribution >= 0.6 is 0 Å². The second kappa shape index (κ2) is 6.51. The smallest absolute Gasteiger partial charge is 0.178 e. The van der Waals surface area contributed by atoms with Crippen molar-refractivity contribution in [2.45, 2.75) is 49.6 Å². The minimum absolute atomic E-state index is 0.0273. The number of rotatable bonds is 5. The number of ether oxygens (including phenoxy) is 3. The van der Waals surface area contributed by atoms with E-state index in [-0.39, 0.29) is 23.9 Å². The lowest BCUT2D eigenvalue weighted by Gasteiger charge is -2.18. The SMILES string of the molecule is CC1(C)OCC(C[C@@H]2CC(CS(=O)(=O)c3ccccc3)CO2)O1. The molecule has 2 fully saturated rings. The fraction of sp³-hybridized carbons (Fsp3) is 0.647.